The number of aromatic nitrogens is 2. The molecule has 0 radical (unpaired) electrons. The number of benzene rings is 1. The minimum atomic E-state index is -4.74. The van der Waals surface area contributed by atoms with Gasteiger partial charge in [0.2, 0.25) is 0 Å². The third-order valence-corrected chi connectivity index (χ3v) is 5.21. The topological polar surface area (TPSA) is 134 Å². The number of rotatable bonds is 13. The maximum atomic E-state index is 14.4. The van der Waals surface area contributed by atoms with Crippen LogP contribution in [0.3, 0.4) is 0 Å². The minimum absolute atomic E-state index is 0.0247. The third-order valence-electron chi connectivity index (χ3n) is 5.21. The van der Waals surface area contributed by atoms with Gasteiger partial charge in [-0.05, 0) is 49.2 Å². The number of hydrazone groups is 1. The number of nitrogens with one attached hydrogen (secondary N) is 1. The van der Waals surface area contributed by atoms with Crippen molar-refractivity contribution in [3.8, 4) is 11.4 Å². The number of allylic oxidation sites excluding steroid dienone is 2. The summed E-state index contributed by atoms with van der Waals surface area (Å²) in [4.78, 5) is 30.8. The molecular weight excluding hydrogens is 558 g/mol. The second-order valence-corrected chi connectivity index (χ2v) is 8.27. The maximum Gasteiger partial charge on any atom is 0.421 e. The normalized spacial score (nSPS) is 12.2. The highest BCUT2D eigenvalue weighted by Crippen LogP contribution is 2.26. The zero-order valence-corrected chi connectivity index (χ0v) is 22.2. The fourth-order valence-corrected chi connectivity index (χ4v) is 3.05. The van der Waals surface area contributed by atoms with E-state index in [1.807, 2.05) is 11.9 Å². The number of aliphatic hydroxyl groups excluding tert-OH is 1. The number of nitrogens with zero attached hydrogens (tertiary/aromatic N) is 4. The number of aliphatic hydroxyl groups is 1. The van der Waals surface area contributed by atoms with E-state index in [4.69, 9.17) is 10.8 Å². The number of carbonyl (C=O) groups is 2. The first kappa shape index (κ1) is 34.8. The molecule has 4 N–H and O–H groups in total. The van der Waals surface area contributed by atoms with E-state index >= 15 is 0 Å². The second-order valence-electron chi connectivity index (χ2n) is 8.27. The number of nitrogens with two attached hydrogens (primary N) is 1. The smallest absolute Gasteiger partial charge is 0.397 e. The summed E-state index contributed by atoms with van der Waals surface area (Å²) >= 11 is 0. The molecule has 15 heteroatoms. The van der Waals surface area contributed by atoms with Crippen molar-refractivity contribution in [3.63, 3.8) is 0 Å². The molecule has 0 saturated carbocycles. The monoisotopic (exact) mass is 588 g/mol. The summed E-state index contributed by atoms with van der Waals surface area (Å²) in [5.74, 6) is -0.743. The molecule has 0 aliphatic rings. The third kappa shape index (κ3) is 11.8. The van der Waals surface area contributed by atoms with Gasteiger partial charge in [0.1, 0.15) is 11.4 Å². The molecule has 2 rings (SSSR count). The highest BCUT2D eigenvalue weighted by atomic mass is 19.4. The standard InChI is InChI=1S/C20H22F3N3O2.C6H8F3N3O/c1-26(6-3-2-4-8-27)7-5-14-9-17(18(21)10-15(14)13-28)20-24-11-16(12-25-20)19(22)23;1-11-12-2-5(10)4(3-13)6(7,8)9/h5,7,9-13,19,27H,2-4,6,8H2,1H3;2-3,11H,10H2,1H3/b7-5-;5-4-,12-2-. The molecule has 0 unspecified atom stereocenters. The Morgan fingerprint density at radius 1 is 1.15 bits per heavy atom. The molecule has 2 aromatic rings. The van der Waals surface area contributed by atoms with Gasteiger partial charge in [0.25, 0.3) is 6.43 Å². The number of hydrogen-bond acceptors (Lipinski definition) is 9. The van der Waals surface area contributed by atoms with Crippen molar-refractivity contribution in [3.05, 3.63) is 64.5 Å². The first-order valence-corrected chi connectivity index (χ1v) is 12.0. The SMILES string of the molecule is CN(/C=C\c1cc(-c2ncc(C(F)F)cn2)c(F)cc1C=O)CCCCCO.CN/N=C\C(N)=C(/C=O)C(F)(F)F. The summed E-state index contributed by atoms with van der Waals surface area (Å²) in [6.07, 6.45) is 1.37. The van der Waals surface area contributed by atoms with E-state index in [0.717, 1.165) is 50.5 Å². The van der Waals surface area contributed by atoms with E-state index in [-0.39, 0.29) is 35.4 Å². The Hall–Kier alpha value is -4.27. The lowest BCUT2D eigenvalue weighted by atomic mass is 10.0. The Morgan fingerprint density at radius 3 is 2.32 bits per heavy atom. The molecule has 0 spiro atoms. The molecule has 0 bridgehead atoms. The van der Waals surface area contributed by atoms with Gasteiger partial charge < -0.3 is 21.2 Å². The highest BCUT2D eigenvalue weighted by molar-refractivity contribution is 5.89. The van der Waals surface area contributed by atoms with Gasteiger partial charge in [0.05, 0.1) is 23.0 Å². The minimum Gasteiger partial charge on any atom is -0.397 e. The van der Waals surface area contributed by atoms with Crippen LogP contribution in [0, 0.1) is 5.82 Å². The zero-order chi connectivity index (χ0) is 31.0. The van der Waals surface area contributed by atoms with Gasteiger partial charge in [-0.15, -0.1) is 0 Å². The zero-order valence-electron chi connectivity index (χ0n) is 22.2. The number of alkyl halides is 5. The van der Waals surface area contributed by atoms with E-state index in [1.54, 1.807) is 12.3 Å². The van der Waals surface area contributed by atoms with E-state index in [0.29, 0.717) is 11.8 Å². The van der Waals surface area contributed by atoms with E-state index in [1.165, 1.54) is 13.1 Å². The van der Waals surface area contributed by atoms with Crippen LogP contribution in [0.25, 0.3) is 17.5 Å². The van der Waals surface area contributed by atoms with Crippen molar-refractivity contribution in [1.29, 1.82) is 0 Å². The number of carbonyl (C=O) groups excluding carboxylic acids is 2. The van der Waals surface area contributed by atoms with Crippen LogP contribution in [0.4, 0.5) is 26.3 Å². The molecule has 1 aromatic carbocycles. The van der Waals surface area contributed by atoms with E-state index < -0.39 is 29.7 Å². The Kier molecular flexibility index (Phi) is 14.8. The molecular formula is C26H30F6N6O3. The average Bonchev–Trinajstić information content (AvgIpc) is 2.93. The molecule has 1 heterocycles. The van der Waals surface area contributed by atoms with Gasteiger partial charge in [0, 0.05) is 45.2 Å². The van der Waals surface area contributed by atoms with Crippen molar-refractivity contribution in [2.45, 2.75) is 31.9 Å². The largest absolute Gasteiger partial charge is 0.421 e. The van der Waals surface area contributed by atoms with Gasteiger partial charge in [0.15, 0.2) is 18.4 Å². The molecule has 0 fully saturated rings. The molecule has 0 amide bonds. The van der Waals surface area contributed by atoms with Gasteiger partial charge >= 0.3 is 6.18 Å². The van der Waals surface area contributed by atoms with Crippen molar-refractivity contribution in [2.24, 2.45) is 10.8 Å². The molecule has 224 valence electrons. The van der Waals surface area contributed by atoms with Crippen LogP contribution >= 0.6 is 0 Å². The van der Waals surface area contributed by atoms with Crippen LogP contribution in [0.2, 0.25) is 0 Å². The Morgan fingerprint density at radius 2 is 1.80 bits per heavy atom. The lowest BCUT2D eigenvalue weighted by Gasteiger charge is -2.14. The fourth-order valence-electron chi connectivity index (χ4n) is 3.05. The molecule has 41 heavy (non-hydrogen) atoms. The van der Waals surface area contributed by atoms with Gasteiger partial charge in [-0.2, -0.15) is 18.3 Å². The van der Waals surface area contributed by atoms with Crippen LogP contribution in [0.1, 0.15) is 47.2 Å². The molecule has 0 saturated heterocycles. The van der Waals surface area contributed by atoms with Crippen molar-refractivity contribution in [1.82, 2.24) is 20.3 Å². The Balaban J connectivity index is 0.000000545. The number of hydrogen-bond donors (Lipinski definition) is 3. The van der Waals surface area contributed by atoms with Crippen LogP contribution < -0.4 is 11.2 Å². The number of halogens is 6. The molecule has 1 aromatic heterocycles. The lowest BCUT2D eigenvalue weighted by Crippen LogP contribution is -2.20. The fraction of sp³-hybridized carbons (Fsp3) is 0.346. The van der Waals surface area contributed by atoms with Crippen LogP contribution in [-0.2, 0) is 4.79 Å². The Bertz CT molecular complexity index is 1220. The number of unbranched alkanes of at least 4 members (excludes halogenated alkanes) is 2. The van der Waals surface area contributed by atoms with Crippen molar-refractivity contribution in [2.75, 3.05) is 27.2 Å². The molecule has 0 aliphatic carbocycles. The first-order chi connectivity index (χ1) is 19.4. The van der Waals surface area contributed by atoms with Crippen LogP contribution in [-0.4, -0.2) is 72.2 Å². The predicted molar refractivity (Wildman–Crippen MR) is 141 cm³/mol. The van der Waals surface area contributed by atoms with Crippen molar-refractivity contribution < 1.29 is 41.0 Å². The van der Waals surface area contributed by atoms with Gasteiger partial charge in [-0.1, -0.05) is 0 Å². The number of aldehydes is 2. The second kappa shape index (κ2) is 17.4. The summed E-state index contributed by atoms with van der Waals surface area (Å²) < 4.78 is 75.5. The van der Waals surface area contributed by atoms with Crippen molar-refractivity contribution >= 4 is 24.9 Å². The quantitative estimate of drug-likeness (QED) is 0.0790. The summed E-state index contributed by atoms with van der Waals surface area (Å²) in [6, 6.07) is 2.50. The van der Waals surface area contributed by atoms with Crippen LogP contribution in [0.15, 0.2) is 47.1 Å². The first-order valence-electron chi connectivity index (χ1n) is 12.0. The van der Waals surface area contributed by atoms with Gasteiger partial charge in [-0.25, -0.2) is 23.1 Å². The van der Waals surface area contributed by atoms with Gasteiger partial charge in [-0.3, -0.25) is 9.59 Å². The molecule has 9 nitrogen and oxygen atoms in total. The lowest BCUT2D eigenvalue weighted by molar-refractivity contribution is -0.119. The highest BCUT2D eigenvalue weighted by Gasteiger charge is 2.35. The molecule has 0 atom stereocenters. The Labute approximate surface area is 232 Å². The van der Waals surface area contributed by atoms with E-state index in [9.17, 15) is 35.9 Å². The summed E-state index contributed by atoms with van der Waals surface area (Å²) in [5.41, 5.74) is 5.28. The average molecular weight is 589 g/mol. The maximum absolute atomic E-state index is 14.4. The van der Waals surface area contributed by atoms with Crippen LogP contribution in [0.5, 0.6) is 0 Å². The summed E-state index contributed by atoms with van der Waals surface area (Å²) in [7, 11) is 3.25. The predicted octanol–water partition coefficient (Wildman–Crippen LogP) is 4.26. The molecule has 0 aliphatic heterocycles. The summed E-state index contributed by atoms with van der Waals surface area (Å²) in [5, 5.41) is 12.0. The summed E-state index contributed by atoms with van der Waals surface area (Å²) in [6.45, 7) is 0.931. The van der Waals surface area contributed by atoms with E-state index in [2.05, 4.69) is 20.5 Å².